The second-order valence-electron chi connectivity index (χ2n) is 5.88. The summed E-state index contributed by atoms with van der Waals surface area (Å²) >= 11 is 0. The van der Waals surface area contributed by atoms with Crippen LogP contribution in [0.2, 0.25) is 0 Å². The fraction of sp³-hybridized carbons (Fsp3) is 0.556. The molecule has 2 N–H and O–H groups in total. The van der Waals surface area contributed by atoms with Crippen molar-refractivity contribution in [1.29, 1.82) is 0 Å². The first-order chi connectivity index (χ1) is 11.5. The Morgan fingerprint density at radius 1 is 1.21 bits per heavy atom. The van der Waals surface area contributed by atoms with E-state index in [0.717, 1.165) is 25.6 Å². The predicted molar refractivity (Wildman–Crippen MR) is 102 cm³/mol. The zero-order chi connectivity index (χ0) is 17.9. The lowest BCUT2D eigenvalue weighted by atomic mass is 10.2. The number of nitrogens with zero attached hydrogens (tertiary/aromatic N) is 3. The van der Waals surface area contributed by atoms with Crippen LogP contribution in [0.3, 0.4) is 0 Å². The molecular weight excluding hydrogens is 302 g/mol. The molecule has 0 fully saturated rings. The number of carbonyl (C=O) groups excluding carboxylic acids is 1. The van der Waals surface area contributed by atoms with Crippen LogP contribution in [0.1, 0.15) is 18.9 Å². The van der Waals surface area contributed by atoms with Gasteiger partial charge in [-0.3, -0.25) is 9.79 Å². The van der Waals surface area contributed by atoms with Crippen molar-refractivity contribution in [2.24, 2.45) is 4.99 Å². The molecule has 0 aliphatic carbocycles. The van der Waals surface area contributed by atoms with E-state index in [1.54, 1.807) is 26.0 Å². The molecular formula is C18H31N5O. The Morgan fingerprint density at radius 3 is 2.50 bits per heavy atom. The smallest absolute Gasteiger partial charge is 0.223 e. The molecule has 6 heteroatoms. The average Bonchev–Trinajstić information content (AvgIpc) is 2.56. The molecule has 24 heavy (non-hydrogen) atoms. The van der Waals surface area contributed by atoms with Crippen molar-refractivity contribution in [2.45, 2.75) is 20.3 Å². The Balaban J connectivity index is 2.39. The van der Waals surface area contributed by atoms with Gasteiger partial charge in [-0.15, -0.1) is 0 Å². The van der Waals surface area contributed by atoms with E-state index in [2.05, 4.69) is 58.6 Å². The number of hydrogen-bond acceptors (Lipinski definition) is 3. The third-order valence-electron chi connectivity index (χ3n) is 3.78. The molecule has 0 saturated carbocycles. The molecule has 0 radical (unpaired) electrons. The topological polar surface area (TPSA) is 60.0 Å². The Morgan fingerprint density at radius 2 is 1.92 bits per heavy atom. The van der Waals surface area contributed by atoms with Crippen LogP contribution in [0, 0.1) is 6.92 Å². The van der Waals surface area contributed by atoms with Gasteiger partial charge in [-0.05, 0) is 31.5 Å². The van der Waals surface area contributed by atoms with Gasteiger partial charge in [0.15, 0.2) is 5.96 Å². The molecule has 0 aliphatic heterocycles. The summed E-state index contributed by atoms with van der Waals surface area (Å²) in [5.74, 6) is 0.830. The number of aryl methyl sites for hydroxylation is 1. The van der Waals surface area contributed by atoms with Crippen LogP contribution < -0.4 is 15.5 Å². The SMILES string of the molecule is CCN(CCNC(=NC)NCCC(=O)N(C)C)c1cccc(C)c1. The maximum atomic E-state index is 11.6. The molecule has 134 valence electrons. The highest BCUT2D eigenvalue weighted by Crippen LogP contribution is 2.14. The number of amides is 1. The monoisotopic (exact) mass is 333 g/mol. The predicted octanol–water partition coefficient (Wildman–Crippen LogP) is 1.46. The minimum atomic E-state index is 0.106. The highest BCUT2D eigenvalue weighted by molar-refractivity contribution is 5.81. The van der Waals surface area contributed by atoms with Crippen molar-refractivity contribution < 1.29 is 4.79 Å². The van der Waals surface area contributed by atoms with Gasteiger partial charge in [0.1, 0.15) is 0 Å². The van der Waals surface area contributed by atoms with E-state index in [1.165, 1.54) is 11.3 Å². The van der Waals surface area contributed by atoms with Gasteiger partial charge in [0.2, 0.25) is 5.91 Å². The van der Waals surface area contributed by atoms with Crippen LogP contribution in [0.4, 0.5) is 5.69 Å². The molecule has 1 rings (SSSR count). The minimum absolute atomic E-state index is 0.106. The van der Waals surface area contributed by atoms with Crippen molar-refractivity contribution in [3.05, 3.63) is 29.8 Å². The highest BCUT2D eigenvalue weighted by atomic mass is 16.2. The molecule has 6 nitrogen and oxygen atoms in total. The number of rotatable bonds is 8. The first-order valence-corrected chi connectivity index (χ1v) is 8.44. The van der Waals surface area contributed by atoms with Crippen molar-refractivity contribution in [3.63, 3.8) is 0 Å². The van der Waals surface area contributed by atoms with Crippen LogP contribution in [0.5, 0.6) is 0 Å². The first kappa shape index (κ1) is 19.8. The van der Waals surface area contributed by atoms with Crippen molar-refractivity contribution in [1.82, 2.24) is 15.5 Å². The normalized spacial score (nSPS) is 11.1. The van der Waals surface area contributed by atoms with E-state index in [9.17, 15) is 4.79 Å². The number of likely N-dealkylation sites (N-methyl/N-ethyl adjacent to an activating group) is 1. The van der Waals surface area contributed by atoms with E-state index >= 15 is 0 Å². The van der Waals surface area contributed by atoms with E-state index < -0.39 is 0 Å². The standard InChI is InChI=1S/C18H31N5O/c1-6-23(16-9-7-8-15(2)14-16)13-12-21-18(19-3)20-11-10-17(24)22(4)5/h7-9,14H,6,10-13H2,1-5H3,(H2,19,20,21). The highest BCUT2D eigenvalue weighted by Gasteiger charge is 2.06. The Kier molecular flexibility index (Phi) is 8.68. The Hall–Kier alpha value is -2.24. The molecule has 0 aliphatic rings. The summed E-state index contributed by atoms with van der Waals surface area (Å²) in [5.41, 5.74) is 2.50. The van der Waals surface area contributed by atoms with Crippen LogP contribution >= 0.6 is 0 Å². The van der Waals surface area contributed by atoms with Gasteiger partial charge in [0, 0.05) is 59.4 Å². The van der Waals surface area contributed by atoms with Crippen LogP contribution in [-0.2, 0) is 4.79 Å². The number of carbonyl (C=O) groups is 1. The molecule has 0 spiro atoms. The van der Waals surface area contributed by atoms with Crippen LogP contribution in [0.15, 0.2) is 29.3 Å². The first-order valence-electron chi connectivity index (χ1n) is 8.44. The second-order valence-corrected chi connectivity index (χ2v) is 5.88. The van der Waals surface area contributed by atoms with Gasteiger partial charge in [-0.1, -0.05) is 12.1 Å². The van der Waals surface area contributed by atoms with Gasteiger partial charge in [0.05, 0.1) is 0 Å². The van der Waals surface area contributed by atoms with E-state index in [4.69, 9.17) is 0 Å². The number of nitrogens with one attached hydrogen (secondary N) is 2. The largest absolute Gasteiger partial charge is 0.370 e. The summed E-state index contributed by atoms with van der Waals surface area (Å²) in [6, 6.07) is 8.53. The molecule has 0 heterocycles. The summed E-state index contributed by atoms with van der Waals surface area (Å²) in [6.07, 6.45) is 0.456. The van der Waals surface area contributed by atoms with Crippen molar-refractivity contribution in [2.75, 3.05) is 52.2 Å². The number of anilines is 1. The average molecular weight is 333 g/mol. The van der Waals surface area contributed by atoms with Gasteiger partial charge in [-0.2, -0.15) is 0 Å². The summed E-state index contributed by atoms with van der Waals surface area (Å²) in [6.45, 7) is 7.46. The molecule has 0 aromatic heterocycles. The van der Waals surface area contributed by atoms with Crippen LogP contribution in [0.25, 0.3) is 0 Å². The Bertz CT molecular complexity index is 542. The van der Waals surface area contributed by atoms with Gasteiger partial charge >= 0.3 is 0 Å². The number of benzene rings is 1. The fourth-order valence-electron chi connectivity index (χ4n) is 2.34. The summed E-state index contributed by atoms with van der Waals surface area (Å²) in [7, 11) is 5.27. The zero-order valence-corrected chi connectivity index (χ0v) is 15.6. The van der Waals surface area contributed by atoms with Crippen LogP contribution in [-0.4, -0.2) is 64.1 Å². The third-order valence-corrected chi connectivity index (χ3v) is 3.78. The van der Waals surface area contributed by atoms with Gasteiger partial charge in [-0.25, -0.2) is 0 Å². The van der Waals surface area contributed by atoms with Gasteiger partial charge < -0.3 is 20.4 Å². The molecule has 1 aromatic carbocycles. The fourth-order valence-corrected chi connectivity index (χ4v) is 2.34. The van der Waals surface area contributed by atoms with E-state index in [1.807, 2.05) is 0 Å². The van der Waals surface area contributed by atoms with Gasteiger partial charge in [0.25, 0.3) is 0 Å². The lowest BCUT2D eigenvalue weighted by Crippen LogP contribution is -2.42. The molecule has 0 bridgehead atoms. The zero-order valence-electron chi connectivity index (χ0n) is 15.6. The molecule has 1 amide bonds. The number of hydrogen-bond donors (Lipinski definition) is 2. The molecule has 0 saturated heterocycles. The van der Waals surface area contributed by atoms with E-state index in [0.29, 0.717) is 13.0 Å². The lowest BCUT2D eigenvalue weighted by Gasteiger charge is -2.24. The molecule has 0 unspecified atom stereocenters. The lowest BCUT2D eigenvalue weighted by molar-refractivity contribution is -0.128. The minimum Gasteiger partial charge on any atom is -0.370 e. The third kappa shape index (κ3) is 6.89. The number of aliphatic imine (C=N–C) groups is 1. The summed E-state index contributed by atoms with van der Waals surface area (Å²) in [4.78, 5) is 19.7. The van der Waals surface area contributed by atoms with Crippen molar-refractivity contribution >= 4 is 17.6 Å². The summed E-state index contributed by atoms with van der Waals surface area (Å²) < 4.78 is 0. The molecule has 1 aromatic rings. The quantitative estimate of drug-likeness (QED) is 0.559. The summed E-state index contributed by atoms with van der Waals surface area (Å²) in [5, 5.41) is 6.46. The van der Waals surface area contributed by atoms with E-state index in [-0.39, 0.29) is 5.91 Å². The Labute approximate surface area is 145 Å². The van der Waals surface area contributed by atoms with Crippen molar-refractivity contribution in [3.8, 4) is 0 Å². The number of guanidine groups is 1. The molecule has 0 atom stereocenters. The maximum absolute atomic E-state index is 11.6. The maximum Gasteiger partial charge on any atom is 0.223 e. The second kappa shape index (κ2) is 10.5.